The summed E-state index contributed by atoms with van der Waals surface area (Å²) in [5.41, 5.74) is 0. The highest BCUT2D eigenvalue weighted by Gasteiger charge is 2.13. The van der Waals surface area contributed by atoms with Crippen molar-refractivity contribution in [3.63, 3.8) is 0 Å². The molecule has 1 aliphatic rings. The van der Waals surface area contributed by atoms with Crippen LogP contribution >= 0.6 is 0 Å². The van der Waals surface area contributed by atoms with Gasteiger partial charge < -0.3 is 10.6 Å². The second kappa shape index (κ2) is 8.14. The van der Waals surface area contributed by atoms with Gasteiger partial charge in [0.2, 0.25) is 0 Å². The molecule has 1 aliphatic carbocycles. The van der Waals surface area contributed by atoms with Crippen LogP contribution in [0.25, 0.3) is 0 Å². The lowest BCUT2D eigenvalue weighted by atomic mass is 10.2. The molecule has 0 spiro atoms. The van der Waals surface area contributed by atoms with Gasteiger partial charge >= 0.3 is 0 Å². The van der Waals surface area contributed by atoms with Crippen molar-refractivity contribution in [1.82, 2.24) is 15.5 Å². The number of aliphatic imine (C=N–C) groups is 1. The number of hydrogen-bond donors (Lipinski definition) is 2. The molecule has 0 fully saturated rings. The van der Waals surface area contributed by atoms with E-state index in [2.05, 4.69) is 53.4 Å². The second-order valence-electron chi connectivity index (χ2n) is 4.81. The molecule has 2 N–H and O–H groups in total. The summed E-state index contributed by atoms with van der Waals surface area (Å²) in [6.07, 6.45) is 6.66. The van der Waals surface area contributed by atoms with E-state index >= 15 is 0 Å². The third-order valence-electron chi connectivity index (χ3n) is 3.57. The molecule has 0 radical (unpaired) electrons. The highest BCUT2D eigenvalue weighted by atomic mass is 15.2. The molecule has 0 aromatic carbocycles. The molecule has 1 atom stereocenters. The van der Waals surface area contributed by atoms with E-state index in [0.717, 1.165) is 38.4 Å². The van der Waals surface area contributed by atoms with Crippen LogP contribution in [0.5, 0.6) is 0 Å². The fraction of sp³-hybridized carbons (Fsp3) is 0.786. The van der Waals surface area contributed by atoms with Crippen molar-refractivity contribution in [3.8, 4) is 0 Å². The van der Waals surface area contributed by atoms with E-state index in [9.17, 15) is 0 Å². The van der Waals surface area contributed by atoms with Gasteiger partial charge in [0.15, 0.2) is 5.96 Å². The Hall–Kier alpha value is -1.03. The molecule has 0 aromatic heterocycles. The van der Waals surface area contributed by atoms with Gasteiger partial charge in [-0.25, -0.2) is 0 Å². The minimum absolute atomic E-state index is 0.514. The zero-order valence-electron chi connectivity index (χ0n) is 12.2. The van der Waals surface area contributed by atoms with E-state index in [0.29, 0.717) is 12.1 Å². The Labute approximate surface area is 112 Å². The smallest absolute Gasteiger partial charge is 0.191 e. The zero-order chi connectivity index (χ0) is 13.4. The quantitative estimate of drug-likeness (QED) is 0.428. The van der Waals surface area contributed by atoms with Gasteiger partial charge in [0, 0.05) is 25.7 Å². The Morgan fingerprint density at radius 3 is 2.44 bits per heavy atom. The van der Waals surface area contributed by atoms with Gasteiger partial charge in [0.1, 0.15) is 0 Å². The normalized spacial score (nSPS) is 18.4. The lowest BCUT2D eigenvalue weighted by Crippen LogP contribution is -2.48. The van der Waals surface area contributed by atoms with Gasteiger partial charge in [0.25, 0.3) is 0 Å². The van der Waals surface area contributed by atoms with Crippen LogP contribution in [0.2, 0.25) is 0 Å². The maximum atomic E-state index is 4.28. The molecule has 0 bridgehead atoms. The number of hydrogen-bond acceptors (Lipinski definition) is 2. The monoisotopic (exact) mass is 252 g/mol. The Kier molecular flexibility index (Phi) is 6.80. The first-order valence-electron chi connectivity index (χ1n) is 7.07. The third kappa shape index (κ3) is 4.69. The van der Waals surface area contributed by atoms with Gasteiger partial charge in [-0.15, -0.1) is 0 Å². The van der Waals surface area contributed by atoms with Gasteiger partial charge in [-0.1, -0.05) is 26.0 Å². The molecule has 4 nitrogen and oxygen atoms in total. The van der Waals surface area contributed by atoms with Gasteiger partial charge in [-0.2, -0.15) is 0 Å². The molecule has 18 heavy (non-hydrogen) atoms. The topological polar surface area (TPSA) is 39.7 Å². The van der Waals surface area contributed by atoms with Gasteiger partial charge in [-0.3, -0.25) is 9.89 Å². The number of nitrogens with one attached hydrogen (secondary N) is 2. The zero-order valence-corrected chi connectivity index (χ0v) is 12.2. The van der Waals surface area contributed by atoms with Crippen molar-refractivity contribution in [2.75, 3.05) is 26.7 Å². The average Bonchev–Trinajstić information content (AvgIpc) is 2.88. The van der Waals surface area contributed by atoms with E-state index in [4.69, 9.17) is 0 Å². The van der Waals surface area contributed by atoms with Crippen molar-refractivity contribution < 1.29 is 0 Å². The van der Waals surface area contributed by atoms with Crippen LogP contribution in [0.4, 0.5) is 0 Å². The number of nitrogens with zero attached hydrogens (tertiary/aromatic N) is 2. The first-order chi connectivity index (χ1) is 8.71. The van der Waals surface area contributed by atoms with E-state index < -0.39 is 0 Å². The van der Waals surface area contributed by atoms with E-state index in [-0.39, 0.29) is 0 Å². The number of rotatable bonds is 6. The maximum absolute atomic E-state index is 4.28. The Morgan fingerprint density at radius 2 is 1.94 bits per heavy atom. The molecule has 0 aromatic rings. The average molecular weight is 252 g/mol. The fourth-order valence-electron chi connectivity index (χ4n) is 2.34. The minimum Gasteiger partial charge on any atom is -0.355 e. The predicted molar refractivity (Wildman–Crippen MR) is 79.0 cm³/mol. The molecule has 1 unspecified atom stereocenters. The lowest BCUT2D eigenvalue weighted by Gasteiger charge is -2.27. The molecule has 4 heteroatoms. The molecule has 0 saturated carbocycles. The van der Waals surface area contributed by atoms with Crippen LogP contribution in [0.3, 0.4) is 0 Å². The summed E-state index contributed by atoms with van der Waals surface area (Å²) in [5, 5.41) is 6.87. The fourth-order valence-corrected chi connectivity index (χ4v) is 2.34. The van der Waals surface area contributed by atoms with Crippen molar-refractivity contribution in [2.24, 2.45) is 4.99 Å². The summed E-state index contributed by atoms with van der Waals surface area (Å²) >= 11 is 0. The molecule has 1 rings (SSSR count). The minimum atomic E-state index is 0.514. The van der Waals surface area contributed by atoms with Crippen LogP contribution in [0.15, 0.2) is 17.1 Å². The van der Waals surface area contributed by atoms with Gasteiger partial charge in [-0.05, 0) is 32.9 Å². The summed E-state index contributed by atoms with van der Waals surface area (Å²) in [7, 11) is 1.83. The predicted octanol–water partition coefficient (Wildman–Crippen LogP) is 1.60. The van der Waals surface area contributed by atoms with E-state index in [1.54, 1.807) is 0 Å². The maximum Gasteiger partial charge on any atom is 0.191 e. The molecule has 104 valence electrons. The second-order valence-corrected chi connectivity index (χ2v) is 4.81. The molecule has 0 amide bonds. The Morgan fingerprint density at radius 1 is 1.33 bits per heavy atom. The lowest BCUT2D eigenvalue weighted by molar-refractivity contribution is 0.231. The van der Waals surface area contributed by atoms with Crippen molar-refractivity contribution >= 4 is 5.96 Å². The standard InChI is InChI=1S/C14H28N4/c1-5-18(6-2)12(3)11-16-14(15-4)17-13-9-7-8-10-13/h7-8,12-13H,5-6,9-11H2,1-4H3,(H2,15,16,17). The van der Waals surface area contributed by atoms with Crippen LogP contribution in [-0.4, -0.2) is 49.6 Å². The van der Waals surface area contributed by atoms with Crippen molar-refractivity contribution in [2.45, 2.75) is 45.7 Å². The summed E-state index contributed by atoms with van der Waals surface area (Å²) in [5.74, 6) is 0.919. The SMILES string of the molecule is CCN(CC)C(C)CNC(=NC)NC1CC=CC1. The Balaban J connectivity index is 2.30. The highest BCUT2D eigenvalue weighted by Crippen LogP contribution is 2.08. The molecule has 0 heterocycles. The molecule has 0 saturated heterocycles. The summed E-state index contributed by atoms with van der Waals surface area (Å²) < 4.78 is 0. The van der Waals surface area contributed by atoms with Gasteiger partial charge in [0.05, 0.1) is 0 Å². The summed E-state index contributed by atoms with van der Waals surface area (Å²) in [6.45, 7) is 9.79. The highest BCUT2D eigenvalue weighted by molar-refractivity contribution is 5.80. The number of likely N-dealkylation sites (N-methyl/N-ethyl adjacent to an activating group) is 1. The first-order valence-corrected chi connectivity index (χ1v) is 7.07. The van der Waals surface area contributed by atoms with Crippen LogP contribution < -0.4 is 10.6 Å². The van der Waals surface area contributed by atoms with Crippen LogP contribution in [-0.2, 0) is 0 Å². The Bertz CT molecular complexity index is 274. The third-order valence-corrected chi connectivity index (χ3v) is 3.57. The largest absolute Gasteiger partial charge is 0.355 e. The molecule has 0 aliphatic heterocycles. The number of guanidine groups is 1. The first kappa shape index (κ1) is 15.0. The van der Waals surface area contributed by atoms with E-state index in [1.165, 1.54) is 0 Å². The van der Waals surface area contributed by atoms with E-state index in [1.807, 2.05) is 7.05 Å². The summed E-state index contributed by atoms with van der Waals surface area (Å²) in [6, 6.07) is 1.04. The van der Waals surface area contributed by atoms with Crippen LogP contribution in [0, 0.1) is 0 Å². The van der Waals surface area contributed by atoms with Crippen LogP contribution in [0.1, 0.15) is 33.6 Å². The van der Waals surface area contributed by atoms with Crippen molar-refractivity contribution in [1.29, 1.82) is 0 Å². The molecular weight excluding hydrogens is 224 g/mol. The molecular formula is C14H28N4. The summed E-state index contributed by atoms with van der Waals surface area (Å²) in [4.78, 5) is 6.72. The van der Waals surface area contributed by atoms with Crippen molar-refractivity contribution in [3.05, 3.63) is 12.2 Å².